The van der Waals surface area contributed by atoms with Crippen molar-refractivity contribution in [1.82, 2.24) is 20.4 Å². The molecule has 166 valence electrons. The Morgan fingerprint density at radius 2 is 2.03 bits per heavy atom. The molecule has 0 spiro atoms. The fourth-order valence-corrected chi connectivity index (χ4v) is 2.77. The van der Waals surface area contributed by atoms with E-state index in [0.717, 1.165) is 29.1 Å². The number of hydrogen-bond donors (Lipinski definition) is 3. The molecule has 1 atom stereocenters. The van der Waals surface area contributed by atoms with Gasteiger partial charge in [-0.1, -0.05) is 6.07 Å². The van der Waals surface area contributed by atoms with E-state index < -0.39 is 17.8 Å². The highest BCUT2D eigenvalue weighted by atomic mass is 19.4. The van der Waals surface area contributed by atoms with Crippen LogP contribution in [0.2, 0.25) is 0 Å². The fourth-order valence-electron chi connectivity index (χ4n) is 2.77. The molecule has 0 aliphatic carbocycles. The zero-order valence-corrected chi connectivity index (χ0v) is 17.5. The molecular weight excluding hydrogens is 399 g/mol. The van der Waals surface area contributed by atoms with E-state index in [1.165, 1.54) is 12.1 Å². The van der Waals surface area contributed by atoms with E-state index in [2.05, 4.69) is 20.7 Å². The van der Waals surface area contributed by atoms with Crippen molar-refractivity contribution >= 4 is 5.96 Å². The molecule has 0 aliphatic heterocycles. The molecule has 0 amide bonds. The van der Waals surface area contributed by atoms with Crippen LogP contribution in [0.5, 0.6) is 5.75 Å². The number of alkyl halides is 3. The number of hydrogen-bond acceptors (Lipinski definition) is 4. The van der Waals surface area contributed by atoms with Crippen LogP contribution in [0.4, 0.5) is 13.2 Å². The Morgan fingerprint density at radius 1 is 1.30 bits per heavy atom. The lowest BCUT2D eigenvalue weighted by Crippen LogP contribution is -2.42. The number of halogens is 3. The van der Waals surface area contributed by atoms with Gasteiger partial charge in [0.1, 0.15) is 18.5 Å². The first kappa shape index (κ1) is 23.5. The maximum Gasteiger partial charge on any atom is 0.416 e. The van der Waals surface area contributed by atoms with Gasteiger partial charge in [-0.05, 0) is 39.0 Å². The van der Waals surface area contributed by atoms with Gasteiger partial charge < -0.3 is 20.5 Å². The highest BCUT2D eigenvalue weighted by molar-refractivity contribution is 5.79. The first-order valence-corrected chi connectivity index (χ1v) is 9.61. The topological polar surface area (TPSA) is 83.7 Å². The van der Waals surface area contributed by atoms with E-state index in [4.69, 9.17) is 4.74 Å². The number of nitrogens with zero attached hydrogens (tertiary/aromatic N) is 3. The molecule has 0 aliphatic rings. The van der Waals surface area contributed by atoms with Gasteiger partial charge in [-0.2, -0.15) is 18.3 Å². The molecule has 30 heavy (non-hydrogen) atoms. The SMILES string of the molecule is CCNC(=NCc1c(C)nn(C)c1C)NCC(O)COc1cccc(C(F)(F)F)c1. The largest absolute Gasteiger partial charge is 0.491 e. The van der Waals surface area contributed by atoms with Crippen molar-refractivity contribution in [1.29, 1.82) is 0 Å². The zero-order valence-electron chi connectivity index (χ0n) is 17.5. The predicted molar refractivity (Wildman–Crippen MR) is 108 cm³/mol. The van der Waals surface area contributed by atoms with Crippen LogP contribution in [0, 0.1) is 13.8 Å². The maximum atomic E-state index is 12.8. The lowest BCUT2D eigenvalue weighted by Gasteiger charge is -2.16. The third-order valence-electron chi connectivity index (χ3n) is 4.51. The van der Waals surface area contributed by atoms with Gasteiger partial charge in [0.2, 0.25) is 0 Å². The summed E-state index contributed by atoms with van der Waals surface area (Å²) in [5.74, 6) is 0.560. The number of aliphatic hydroxyl groups excluding tert-OH is 1. The number of aliphatic imine (C=N–C) groups is 1. The second-order valence-electron chi connectivity index (χ2n) is 6.84. The number of benzene rings is 1. The van der Waals surface area contributed by atoms with Crippen LogP contribution in [0.1, 0.15) is 29.4 Å². The highest BCUT2D eigenvalue weighted by Crippen LogP contribution is 2.31. The van der Waals surface area contributed by atoms with Crippen LogP contribution in [0.3, 0.4) is 0 Å². The molecule has 1 heterocycles. The predicted octanol–water partition coefficient (Wildman–Crippen LogP) is 2.55. The van der Waals surface area contributed by atoms with E-state index in [-0.39, 0.29) is 18.9 Å². The van der Waals surface area contributed by atoms with Crippen LogP contribution in [-0.4, -0.2) is 46.6 Å². The monoisotopic (exact) mass is 427 g/mol. The quantitative estimate of drug-likeness (QED) is 0.446. The van der Waals surface area contributed by atoms with Crippen molar-refractivity contribution in [3.8, 4) is 5.75 Å². The third-order valence-corrected chi connectivity index (χ3v) is 4.51. The lowest BCUT2D eigenvalue weighted by atomic mass is 10.2. The van der Waals surface area contributed by atoms with Gasteiger partial charge in [-0.15, -0.1) is 0 Å². The number of rotatable bonds is 8. The van der Waals surface area contributed by atoms with Crippen LogP contribution in [0.15, 0.2) is 29.3 Å². The summed E-state index contributed by atoms with van der Waals surface area (Å²) in [7, 11) is 1.87. The van der Waals surface area contributed by atoms with Crippen molar-refractivity contribution < 1.29 is 23.0 Å². The third kappa shape index (κ3) is 6.65. The van der Waals surface area contributed by atoms with E-state index >= 15 is 0 Å². The van der Waals surface area contributed by atoms with Crippen molar-refractivity contribution in [3.05, 3.63) is 46.8 Å². The molecule has 2 rings (SSSR count). The van der Waals surface area contributed by atoms with E-state index in [0.29, 0.717) is 19.0 Å². The molecule has 0 fully saturated rings. The second kappa shape index (κ2) is 10.3. The van der Waals surface area contributed by atoms with Gasteiger partial charge in [0.25, 0.3) is 0 Å². The van der Waals surface area contributed by atoms with Gasteiger partial charge in [-0.25, -0.2) is 4.99 Å². The number of aliphatic hydroxyl groups is 1. The average molecular weight is 427 g/mol. The molecule has 10 heteroatoms. The van der Waals surface area contributed by atoms with E-state index in [1.54, 1.807) is 4.68 Å². The summed E-state index contributed by atoms with van der Waals surface area (Å²) < 4.78 is 45.4. The lowest BCUT2D eigenvalue weighted by molar-refractivity contribution is -0.137. The molecule has 7 nitrogen and oxygen atoms in total. The summed E-state index contributed by atoms with van der Waals surface area (Å²) in [6.07, 6.45) is -5.38. The van der Waals surface area contributed by atoms with Crippen molar-refractivity contribution in [2.45, 2.75) is 39.6 Å². The Morgan fingerprint density at radius 3 is 2.63 bits per heavy atom. The summed E-state index contributed by atoms with van der Waals surface area (Å²) in [6, 6.07) is 4.56. The first-order valence-electron chi connectivity index (χ1n) is 9.61. The number of ether oxygens (including phenoxy) is 1. The summed E-state index contributed by atoms with van der Waals surface area (Å²) in [5, 5.41) is 20.6. The maximum absolute atomic E-state index is 12.8. The molecule has 3 N–H and O–H groups in total. The van der Waals surface area contributed by atoms with Gasteiger partial charge >= 0.3 is 6.18 Å². The Balaban J connectivity index is 1.90. The summed E-state index contributed by atoms with van der Waals surface area (Å²) in [5.41, 5.74) is 2.17. The van der Waals surface area contributed by atoms with Gasteiger partial charge in [0, 0.05) is 31.4 Å². The second-order valence-corrected chi connectivity index (χ2v) is 6.84. The summed E-state index contributed by atoms with van der Waals surface area (Å²) in [6.45, 7) is 6.84. The first-order chi connectivity index (χ1) is 14.1. The van der Waals surface area contributed by atoms with Crippen molar-refractivity contribution in [3.63, 3.8) is 0 Å². The van der Waals surface area contributed by atoms with Crippen LogP contribution >= 0.6 is 0 Å². The Hall–Kier alpha value is -2.75. The van der Waals surface area contributed by atoms with Gasteiger partial charge in [0.15, 0.2) is 5.96 Å². The Bertz CT molecular complexity index is 865. The standard InChI is InChI=1S/C20H28F3N5O2/c1-5-24-19(26-11-18-13(2)27-28(4)14(18)3)25-10-16(29)12-30-17-8-6-7-15(9-17)20(21,22)23/h6-9,16,29H,5,10-12H2,1-4H3,(H2,24,25,26). The number of guanidine groups is 1. The average Bonchev–Trinajstić information content (AvgIpc) is 2.93. The molecule has 0 saturated carbocycles. The molecule has 0 bridgehead atoms. The molecule has 0 saturated heterocycles. The van der Waals surface area contributed by atoms with Gasteiger partial charge in [0.05, 0.1) is 17.8 Å². The smallest absolute Gasteiger partial charge is 0.416 e. The number of aryl methyl sites for hydroxylation is 2. The number of nitrogens with one attached hydrogen (secondary N) is 2. The normalized spacial score (nSPS) is 13.3. The fraction of sp³-hybridized carbons (Fsp3) is 0.500. The minimum absolute atomic E-state index is 0.0481. The summed E-state index contributed by atoms with van der Waals surface area (Å²) >= 11 is 0. The van der Waals surface area contributed by atoms with Crippen LogP contribution in [0.25, 0.3) is 0 Å². The van der Waals surface area contributed by atoms with E-state index in [1.807, 2.05) is 27.8 Å². The molecule has 2 aromatic rings. The summed E-state index contributed by atoms with van der Waals surface area (Å²) in [4.78, 5) is 4.51. The van der Waals surface area contributed by atoms with Crippen molar-refractivity contribution in [2.24, 2.45) is 12.0 Å². The van der Waals surface area contributed by atoms with Gasteiger partial charge in [-0.3, -0.25) is 4.68 Å². The molecule has 0 radical (unpaired) electrons. The van der Waals surface area contributed by atoms with Crippen molar-refractivity contribution in [2.75, 3.05) is 19.7 Å². The molecule has 1 aromatic carbocycles. The Labute approximate surface area is 174 Å². The minimum Gasteiger partial charge on any atom is -0.491 e. The van der Waals surface area contributed by atoms with Crippen LogP contribution < -0.4 is 15.4 Å². The van der Waals surface area contributed by atoms with Crippen LogP contribution in [-0.2, 0) is 19.8 Å². The minimum atomic E-state index is -4.44. The zero-order chi connectivity index (χ0) is 22.3. The molecule has 1 aromatic heterocycles. The number of aromatic nitrogens is 2. The molecule has 1 unspecified atom stereocenters. The molecular formula is C20H28F3N5O2. The highest BCUT2D eigenvalue weighted by Gasteiger charge is 2.30. The van der Waals surface area contributed by atoms with E-state index in [9.17, 15) is 18.3 Å². The Kier molecular flexibility index (Phi) is 8.10.